The molecule has 2 heterocycles. The molecule has 0 spiro atoms. The van der Waals surface area contributed by atoms with E-state index in [1.807, 2.05) is 25.3 Å². The largest absolute Gasteiger partial charge is 0.372 e. The van der Waals surface area contributed by atoms with Gasteiger partial charge in [-0.15, -0.1) is 11.3 Å². The van der Waals surface area contributed by atoms with E-state index in [4.69, 9.17) is 0 Å². The Hall–Kier alpha value is -1.88. The van der Waals surface area contributed by atoms with Gasteiger partial charge in [0.1, 0.15) is 0 Å². The molecule has 0 bridgehead atoms. The lowest BCUT2D eigenvalue weighted by atomic mass is 10.1. The lowest BCUT2D eigenvalue weighted by molar-refractivity contribution is -0.115. The number of aryl methyl sites for hydroxylation is 2. The Kier molecular flexibility index (Phi) is 4.43. The minimum atomic E-state index is -0.0117. The van der Waals surface area contributed by atoms with Gasteiger partial charge in [-0.2, -0.15) is 0 Å². The van der Waals surface area contributed by atoms with Gasteiger partial charge < -0.3 is 10.2 Å². The van der Waals surface area contributed by atoms with Crippen LogP contribution in [0.25, 0.3) is 0 Å². The number of aromatic nitrogens is 1. The van der Waals surface area contributed by atoms with Crippen LogP contribution in [0, 0.1) is 13.8 Å². The highest BCUT2D eigenvalue weighted by Crippen LogP contribution is 2.25. The molecule has 1 aliphatic rings. The van der Waals surface area contributed by atoms with Crippen LogP contribution >= 0.6 is 11.3 Å². The monoisotopic (exact) mass is 315 g/mol. The number of carbonyl (C=O) groups is 1. The van der Waals surface area contributed by atoms with Crippen molar-refractivity contribution in [1.29, 1.82) is 0 Å². The Morgan fingerprint density at radius 2 is 2.09 bits per heavy atom. The molecule has 1 saturated heterocycles. The molecule has 0 atom stereocenters. The van der Waals surface area contributed by atoms with Crippen molar-refractivity contribution in [3.63, 3.8) is 0 Å². The molecule has 1 aliphatic heterocycles. The Labute approximate surface area is 135 Å². The van der Waals surface area contributed by atoms with Crippen LogP contribution in [0.1, 0.15) is 29.1 Å². The first-order chi connectivity index (χ1) is 10.6. The Morgan fingerprint density at radius 1 is 1.32 bits per heavy atom. The summed E-state index contributed by atoms with van der Waals surface area (Å²) in [5.74, 6) is -0.0117. The van der Waals surface area contributed by atoms with E-state index < -0.39 is 0 Å². The van der Waals surface area contributed by atoms with Crippen LogP contribution in [-0.2, 0) is 11.2 Å². The SMILES string of the molecule is Cc1nc(CC(=O)Nc2ccc(N3CCCC3)cc2C)cs1. The highest BCUT2D eigenvalue weighted by Gasteiger charge is 2.14. The maximum Gasteiger partial charge on any atom is 0.230 e. The molecule has 1 aromatic heterocycles. The molecule has 1 N–H and O–H groups in total. The molecule has 3 rings (SSSR count). The lowest BCUT2D eigenvalue weighted by Crippen LogP contribution is -2.18. The van der Waals surface area contributed by atoms with E-state index >= 15 is 0 Å². The number of hydrogen-bond donors (Lipinski definition) is 1. The summed E-state index contributed by atoms with van der Waals surface area (Å²) in [6.07, 6.45) is 2.87. The van der Waals surface area contributed by atoms with Gasteiger partial charge in [-0.1, -0.05) is 0 Å². The number of anilines is 2. The number of benzene rings is 1. The second-order valence-corrected chi connectivity index (χ2v) is 6.84. The molecule has 116 valence electrons. The topological polar surface area (TPSA) is 45.2 Å². The van der Waals surface area contributed by atoms with Gasteiger partial charge in [0.15, 0.2) is 0 Å². The zero-order valence-corrected chi connectivity index (χ0v) is 13.9. The van der Waals surface area contributed by atoms with E-state index in [0.29, 0.717) is 6.42 Å². The van der Waals surface area contributed by atoms with Gasteiger partial charge in [-0.05, 0) is 50.5 Å². The molecule has 1 fully saturated rings. The molecule has 4 nitrogen and oxygen atoms in total. The van der Waals surface area contributed by atoms with Crippen molar-refractivity contribution in [3.05, 3.63) is 39.8 Å². The van der Waals surface area contributed by atoms with Crippen LogP contribution in [0.5, 0.6) is 0 Å². The number of thiazole rings is 1. The summed E-state index contributed by atoms with van der Waals surface area (Å²) in [7, 11) is 0. The second-order valence-electron chi connectivity index (χ2n) is 5.78. The molecule has 2 aromatic rings. The minimum absolute atomic E-state index is 0.0117. The van der Waals surface area contributed by atoms with Crippen molar-refractivity contribution in [2.45, 2.75) is 33.1 Å². The number of carbonyl (C=O) groups excluding carboxylic acids is 1. The maximum atomic E-state index is 12.1. The summed E-state index contributed by atoms with van der Waals surface area (Å²) in [6, 6.07) is 6.27. The van der Waals surface area contributed by atoms with Gasteiger partial charge in [-0.3, -0.25) is 4.79 Å². The molecule has 0 radical (unpaired) electrons. The molecular formula is C17H21N3OS. The molecular weight excluding hydrogens is 294 g/mol. The smallest absolute Gasteiger partial charge is 0.230 e. The van der Waals surface area contributed by atoms with Crippen LogP contribution in [0.2, 0.25) is 0 Å². The van der Waals surface area contributed by atoms with Crippen LogP contribution < -0.4 is 10.2 Å². The van der Waals surface area contributed by atoms with Crippen LogP contribution in [-0.4, -0.2) is 24.0 Å². The van der Waals surface area contributed by atoms with Gasteiger partial charge in [0.25, 0.3) is 0 Å². The molecule has 0 unspecified atom stereocenters. The van der Waals surface area contributed by atoms with Gasteiger partial charge in [0, 0.05) is 29.8 Å². The molecule has 5 heteroatoms. The summed E-state index contributed by atoms with van der Waals surface area (Å²) in [5.41, 5.74) is 4.08. The summed E-state index contributed by atoms with van der Waals surface area (Å²) >= 11 is 1.58. The third-order valence-corrected chi connectivity index (χ3v) is 4.79. The van der Waals surface area contributed by atoms with Gasteiger partial charge in [-0.25, -0.2) is 4.98 Å². The predicted molar refractivity (Wildman–Crippen MR) is 91.8 cm³/mol. The van der Waals surface area contributed by atoms with E-state index in [1.54, 1.807) is 11.3 Å². The zero-order valence-electron chi connectivity index (χ0n) is 13.1. The minimum Gasteiger partial charge on any atom is -0.372 e. The molecule has 0 saturated carbocycles. The fraction of sp³-hybridized carbons (Fsp3) is 0.412. The standard InChI is InChI=1S/C17H21N3OS/c1-12-9-15(20-7-3-4-8-20)5-6-16(12)19-17(21)10-14-11-22-13(2)18-14/h5-6,9,11H,3-4,7-8,10H2,1-2H3,(H,19,21). The third kappa shape index (κ3) is 3.47. The zero-order chi connectivity index (χ0) is 15.5. The Bertz CT molecular complexity index is 674. The molecule has 22 heavy (non-hydrogen) atoms. The highest BCUT2D eigenvalue weighted by molar-refractivity contribution is 7.09. The van der Waals surface area contributed by atoms with Gasteiger partial charge in [0.05, 0.1) is 17.1 Å². The quantitative estimate of drug-likeness (QED) is 0.938. The number of amides is 1. The molecule has 1 aromatic carbocycles. The first-order valence-electron chi connectivity index (χ1n) is 7.68. The van der Waals surface area contributed by atoms with Gasteiger partial charge in [0.2, 0.25) is 5.91 Å². The maximum absolute atomic E-state index is 12.1. The summed E-state index contributed by atoms with van der Waals surface area (Å²) in [5, 5.41) is 5.93. The van der Waals surface area contributed by atoms with Crippen molar-refractivity contribution in [2.75, 3.05) is 23.3 Å². The first-order valence-corrected chi connectivity index (χ1v) is 8.56. The summed E-state index contributed by atoms with van der Waals surface area (Å²) < 4.78 is 0. The highest BCUT2D eigenvalue weighted by atomic mass is 32.1. The summed E-state index contributed by atoms with van der Waals surface area (Å²) in [6.45, 7) is 6.26. The average Bonchev–Trinajstić information content (AvgIpc) is 3.13. The summed E-state index contributed by atoms with van der Waals surface area (Å²) in [4.78, 5) is 18.9. The average molecular weight is 315 g/mol. The fourth-order valence-electron chi connectivity index (χ4n) is 2.81. The second kappa shape index (κ2) is 6.48. The van der Waals surface area contributed by atoms with Gasteiger partial charge >= 0.3 is 0 Å². The van der Waals surface area contributed by atoms with E-state index in [2.05, 4.69) is 27.3 Å². The van der Waals surface area contributed by atoms with Crippen LogP contribution in [0.15, 0.2) is 23.6 Å². The lowest BCUT2D eigenvalue weighted by Gasteiger charge is -2.19. The molecule has 0 aliphatic carbocycles. The van der Waals surface area contributed by atoms with E-state index in [0.717, 1.165) is 35.0 Å². The van der Waals surface area contributed by atoms with Crippen molar-refractivity contribution in [1.82, 2.24) is 4.98 Å². The Balaban J connectivity index is 1.65. The van der Waals surface area contributed by atoms with Crippen molar-refractivity contribution in [3.8, 4) is 0 Å². The number of rotatable bonds is 4. The van der Waals surface area contributed by atoms with Crippen molar-refractivity contribution < 1.29 is 4.79 Å². The first kappa shape index (κ1) is 15.0. The van der Waals surface area contributed by atoms with Crippen molar-refractivity contribution in [2.24, 2.45) is 0 Å². The normalized spacial score (nSPS) is 14.4. The van der Waals surface area contributed by atoms with E-state index in [9.17, 15) is 4.79 Å². The van der Waals surface area contributed by atoms with E-state index in [1.165, 1.54) is 18.5 Å². The van der Waals surface area contributed by atoms with Crippen molar-refractivity contribution >= 4 is 28.6 Å². The number of hydrogen-bond acceptors (Lipinski definition) is 4. The van der Waals surface area contributed by atoms with Crippen LogP contribution in [0.4, 0.5) is 11.4 Å². The van der Waals surface area contributed by atoms with Crippen LogP contribution in [0.3, 0.4) is 0 Å². The van der Waals surface area contributed by atoms with E-state index in [-0.39, 0.29) is 5.91 Å². The fourth-order valence-corrected chi connectivity index (χ4v) is 3.42. The Morgan fingerprint density at radius 3 is 2.73 bits per heavy atom. The molecule has 1 amide bonds. The number of nitrogens with zero attached hydrogens (tertiary/aromatic N) is 2. The number of nitrogens with one attached hydrogen (secondary N) is 1. The predicted octanol–water partition coefficient (Wildman–Crippen LogP) is 3.54. The third-order valence-electron chi connectivity index (χ3n) is 3.96.